The van der Waals surface area contributed by atoms with Crippen LogP contribution in [0.25, 0.3) is 10.6 Å². The lowest BCUT2D eigenvalue weighted by molar-refractivity contribution is -0.188. The van der Waals surface area contributed by atoms with Crippen LogP contribution in [0.5, 0.6) is 5.75 Å². The molecule has 2 atom stereocenters. The van der Waals surface area contributed by atoms with Gasteiger partial charge in [0.25, 0.3) is 0 Å². The first-order valence-corrected chi connectivity index (χ1v) is 10.6. The molecule has 1 aliphatic rings. The van der Waals surface area contributed by atoms with Gasteiger partial charge in [0, 0.05) is 11.3 Å². The van der Waals surface area contributed by atoms with Crippen molar-refractivity contribution >= 4 is 16.5 Å². The normalized spacial score (nSPS) is 19.1. The van der Waals surface area contributed by atoms with Crippen LogP contribution in [-0.2, 0) is 0 Å². The number of halogens is 3. The Balaban J connectivity index is 0.000000941. The number of alkyl halides is 3. The molecular formula is C21H28F3N3OS. The maximum Gasteiger partial charge on any atom is 0.391 e. The minimum atomic E-state index is -4.15. The van der Waals surface area contributed by atoms with Gasteiger partial charge in [0.15, 0.2) is 0 Å². The zero-order valence-corrected chi connectivity index (χ0v) is 17.9. The first-order chi connectivity index (χ1) is 13.7. The van der Waals surface area contributed by atoms with E-state index in [4.69, 9.17) is 4.74 Å². The number of nitrogens with one attached hydrogen (secondary N) is 1. The highest BCUT2D eigenvalue weighted by atomic mass is 32.1. The topological polar surface area (TPSA) is 47.0 Å². The molecule has 2 unspecified atom stereocenters. The summed E-state index contributed by atoms with van der Waals surface area (Å²) in [6, 6.07) is 7.23. The standard InChI is InChI=1S/C18H20F3N3OS.C3H8/c1-11(2)22-17-24-23-16(26-17)12-5-3-7-14(9-12)25-15-8-4-6-13(10-15)18(19,20)21;1-3-2/h3,5,7,9,13,15H,1,4,6,8,10H2,2H3,(H,22,24);3H2,1-2H3. The quantitative estimate of drug-likeness (QED) is 0.554. The van der Waals surface area contributed by atoms with E-state index in [1.54, 1.807) is 12.1 Å². The highest BCUT2D eigenvalue weighted by Crippen LogP contribution is 2.39. The Morgan fingerprint density at radius 3 is 2.66 bits per heavy atom. The summed E-state index contributed by atoms with van der Waals surface area (Å²) in [6.45, 7) is 9.84. The van der Waals surface area contributed by atoms with Gasteiger partial charge in [-0.1, -0.05) is 50.3 Å². The average Bonchev–Trinajstić information content (AvgIpc) is 3.10. The van der Waals surface area contributed by atoms with Crippen molar-refractivity contribution in [1.82, 2.24) is 10.2 Å². The van der Waals surface area contributed by atoms with E-state index in [2.05, 4.69) is 35.9 Å². The van der Waals surface area contributed by atoms with Crippen LogP contribution in [0.2, 0.25) is 0 Å². The Kier molecular flexibility index (Phi) is 8.49. The highest BCUT2D eigenvalue weighted by molar-refractivity contribution is 7.18. The number of aromatic nitrogens is 2. The van der Waals surface area contributed by atoms with E-state index in [-0.39, 0.29) is 12.8 Å². The molecule has 1 aromatic heterocycles. The van der Waals surface area contributed by atoms with Crippen LogP contribution in [0.3, 0.4) is 0 Å². The van der Waals surface area contributed by atoms with Crippen molar-refractivity contribution in [2.45, 2.75) is 65.2 Å². The Bertz CT molecular complexity index is 791. The first kappa shape index (κ1) is 23.2. The van der Waals surface area contributed by atoms with Crippen molar-refractivity contribution in [3.63, 3.8) is 0 Å². The van der Waals surface area contributed by atoms with Crippen LogP contribution in [0.4, 0.5) is 18.3 Å². The van der Waals surface area contributed by atoms with Crippen LogP contribution in [0.1, 0.15) is 52.9 Å². The van der Waals surface area contributed by atoms with Crippen molar-refractivity contribution in [3.8, 4) is 16.3 Å². The van der Waals surface area contributed by atoms with E-state index in [0.717, 1.165) is 11.3 Å². The summed E-state index contributed by atoms with van der Waals surface area (Å²) in [5.41, 5.74) is 1.58. The average molecular weight is 428 g/mol. The smallest absolute Gasteiger partial charge is 0.391 e. The molecule has 0 saturated heterocycles. The number of allylic oxidation sites excluding steroid dienone is 1. The van der Waals surface area contributed by atoms with Gasteiger partial charge in [-0.3, -0.25) is 0 Å². The number of nitrogens with zero attached hydrogens (tertiary/aromatic N) is 2. The van der Waals surface area contributed by atoms with Crippen molar-refractivity contribution in [3.05, 3.63) is 36.5 Å². The summed E-state index contributed by atoms with van der Waals surface area (Å²) < 4.78 is 44.7. The zero-order valence-electron chi connectivity index (χ0n) is 17.1. The number of anilines is 1. The molecule has 3 rings (SSSR count). The molecule has 0 bridgehead atoms. The third-order valence-electron chi connectivity index (χ3n) is 4.22. The van der Waals surface area contributed by atoms with Gasteiger partial charge in [0.1, 0.15) is 10.8 Å². The lowest BCUT2D eigenvalue weighted by Crippen LogP contribution is -2.33. The van der Waals surface area contributed by atoms with Crippen molar-refractivity contribution < 1.29 is 17.9 Å². The van der Waals surface area contributed by atoms with Crippen molar-refractivity contribution in [2.24, 2.45) is 5.92 Å². The van der Waals surface area contributed by atoms with Crippen LogP contribution < -0.4 is 10.1 Å². The van der Waals surface area contributed by atoms with Gasteiger partial charge in [-0.15, -0.1) is 10.2 Å². The molecule has 0 amide bonds. The number of hydrogen-bond donors (Lipinski definition) is 1. The molecular weight excluding hydrogens is 399 g/mol. The summed E-state index contributed by atoms with van der Waals surface area (Å²) in [7, 11) is 0. The number of benzene rings is 1. The number of ether oxygens (including phenoxy) is 1. The monoisotopic (exact) mass is 427 g/mol. The molecule has 0 radical (unpaired) electrons. The molecule has 1 heterocycles. The third kappa shape index (κ3) is 7.34. The predicted molar refractivity (Wildman–Crippen MR) is 112 cm³/mol. The molecule has 1 aliphatic carbocycles. The molecule has 2 aromatic rings. The SMILES string of the molecule is C=C(C)Nc1nnc(-c2cccc(OC3CCCC(C(F)(F)F)C3)c2)s1.CCC. The summed E-state index contributed by atoms with van der Waals surface area (Å²) in [4.78, 5) is 0. The van der Waals surface area contributed by atoms with Crippen molar-refractivity contribution in [1.29, 1.82) is 0 Å². The Morgan fingerprint density at radius 1 is 1.28 bits per heavy atom. The number of rotatable bonds is 5. The fourth-order valence-corrected chi connectivity index (χ4v) is 3.83. The van der Waals surface area contributed by atoms with Gasteiger partial charge < -0.3 is 10.1 Å². The third-order valence-corrected chi connectivity index (χ3v) is 5.11. The molecule has 1 fully saturated rings. The second kappa shape index (κ2) is 10.6. The van der Waals surface area contributed by atoms with Crippen LogP contribution >= 0.6 is 11.3 Å². The lowest BCUT2D eigenvalue weighted by atomic mass is 9.87. The van der Waals surface area contributed by atoms with Gasteiger partial charge in [-0.25, -0.2) is 0 Å². The Morgan fingerprint density at radius 2 is 2.00 bits per heavy atom. The summed E-state index contributed by atoms with van der Waals surface area (Å²) in [5.74, 6) is -0.719. The van der Waals surface area contributed by atoms with E-state index in [0.29, 0.717) is 28.7 Å². The molecule has 1 saturated carbocycles. The molecule has 8 heteroatoms. The van der Waals surface area contributed by atoms with Crippen LogP contribution in [0, 0.1) is 5.92 Å². The first-order valence-electron chi connectivity index (χ1n) is 9.82. The predicted octanol–water partition coefficient (Wildman–Crippen LogP) is 7.07. The summed E-state index contributed by atoms with van der Waals surface area (Å²) in [6.07, 6.45) is -1.95. The van der Waals surface area contributed by atoms with Gasteiger partial charge in [-0.2, -0.15) is 13.2 Å². The fourth-order valence-electron chi connectivity index (χ4n) is 3.02. The minimum Gasteiger partial charge on any atom is -0.490 e. The van der Waals surface area contributed by atoms with Gasteiger partial charge >= 0.3 is 6.18 Å². The minimum absolute atomic E-state index is 0.0131. The molecule has 4 nitrogen and oxygen atoms in total. The van der Waals surface area contributed by atoms with E-state index in [9.17, 15) is 13.2 Å². The summed E-state index contributed by atoms with van der Waals surface area (Å²) in [5, 5.41) is 12.5. The molecule has 1 aromatic carbocycles. The maximum absolute atomic E-state index is 13.0. The molecule has 160 valence electrons. The van der Waals surface area contributed by atoms with E-state index >= 15 is 0 Å². The Labute approximate surface area is 174 Å². The van der Waals surface area contributed by atoms with Gasteiger partial charge in [0.2, 0.25) is 5.13 Å². The second-order valence-electron chi connectivity index (χ2n) is 7.20. The number of hydrogen-bond acceptors (Lipinski definition) is 5. The lowest BCUT2D eigenvalue weighted by Gasteiger charge is -2.30. The van der Waals surface area contributed by atoms with Crippen LogP contribution in [-0.4, -0.2) is 22.5 Å². The maximum atomic E-state index is 13.0. The molecule has 29 heavy (non-hydrogen) atoms. The molecule has 1 N–H and O–H groups in total. The molecule has 0 spiro atoms. The van der Waals surface area contributed by atoms with E-state index < -0.39 is 18.2 Å². The zero-order chi connectivity index (χ0) is 21.4. The van der Waals surface area contributed by atoms with Gasteiger partial charge in [-0.05, 0) is 44.7 Å². The largest absolute Gasteiger partial charge is 0.490 e. The summed E-state index contributed by atoms with van der Waals surface area (Å²) >= 11 is 1.37. The molecule has 0 aliphatic heterocycles. The van der Waals surface area contributed by atoms with Crippen molar-refractivity contribution in [2.75, 3.05) is 5.32 Å². The van der Waals surface area contributed by atoms with Crippen LogP contribution in [0.15, 0.2) is 36.5 Å². The van der Waals surface area contributed by atoms with E-state index in [1.165, 1.54) is 17.8 Å². The van der Waals surface area contributed by atoms with Gasteiger partial charge in [0.05, 0.1) is 12.0 Å². The highest BCUT2D eigenvalue weighted by Gasteiger charge is 2.42. The fraction of sp³-hybridized carbons (Fsp3) is 0.524. The van der Waals surface area contributed by atoms with E-state index in [1.807, 2.05) is 19.1 Å². The Hall–Kier alpha value is -2.09. The second-order valence-corrected chi connectivity index (χ2v) is 8.18.